The lowest BCUT2D eigenvalue weighted by atomic mass is 10.2. The highest BCUT2D eigenvalue weighted by molar-refractivity contribution is 14.1. The molecule has 1 amide bonds. The summed E-state index contributed by atoms with van der Waals surface area (Å²) in [6.07, 6.45) is 1.62. The second kappa shape index (κ2) is 10.7. The van der Waals surface area contributed by atoms with E-state index in [9.17, 15) is 14.9 Å². The maximum Gasteiger partial charge on any atom is 0.269 e. The molecule has 1 N–H and O–H groups in total. The lowest BCUT2D eigenvalue weighted by molar-refractivity contribution is -0.384. The maximum atomic E-state index is 12.2. The van der Waals surface area contributed by atoms with E-state index in [1.807, 2.05) is 37.3 Å². The van der Waals surface area contributed by atoms with Gasteiger partial charge in [0.2, 0.25) is 0 Å². The average Bonchev–Trinajstić information content (AvgIpc) is 2.78. The fraction of sp³-hybridized carbons (Fsp3) is 0.130. The maximum absolute atomic E-state index is 12.2. The monoisotopic (exact) mass is 545 g/mol. The quantitative estimate of drug-likeness (QED) is 0.180. The number of methoxy groups -OCH3 is 1. The van der Waals surface area contributed by atoms with Gasteiger partial charge in [-0.1, -0.05) is 17.7 Å². The van der Waals surface area contributed by atoms with Gasteiger partial charge in [0.1, 0.15) is 0 Å². The minimum atomic E-state index is -0.458. The molecule has 0 saturated heterocycles. The zero-order chi connectivity index (χ0) is 23.1. The molecule has 0 saturated carbocycles. The van der Waals surface area contributed by atoms with Crippen LogP contribution in [-0.4, -0.2) is 30.8 Å². The third kappa shape index (κ3) is 6.27. The van der Waals surface area contributed by atoms with Crippen LogP contribution in [0.1, 0.15) is 11.1 Å². The predicted molar refractivity (Wildman–Crippen MR) is 131 cm³/mol. The molecule has 0 aliphatic carbocycles. The third-order valence-corrected chi connectivity index (χ3v) is 5.16. The number of nitrogens with one attached hydrogen (secondary N) is 1. The Balaban J connectivity index is 1.68. The summed E-state index contributed by atoms with van der Waals surface area (Å²) in [5, 5.41) is 13.5. The molecule has 9 heteroatoms. The van der Waals surface area contributed by atoms with Crippen molar-refractivity contribution in [2.75, 3.05) is 19.0 Å². The topological polar surface area (TPSA) is 103 Å². The summed E-state index contributed by atoms with van der Waals surface area (Å²) in [5.74, 6) is 0.639. The summed E-state index contributed by atoms with van der Waals surface area (Å²) in [5.41, 5.74) is 3.14. The highest BCUT2D eigenvalue weighted by Crippen LogP contribution is 2.33. The summed E-state index contributed by atoms with van der Waals surface area (Å²) < 4.78 is 11.9. The van der Waals surface area contributed by atoms with Crippen LogP contribution in [0.4, 0.5) is 17.1 Å². The number of nitro benzene ring substituents is 1. The Bertz CT molecular complexity index is 1150. The van der Waals surface area contributed by atoms with Crippen molar-refractivity contribution in [1.82, 2.24) is 0 Å². The van der Waals surface area contributed by atoms with Gasteiger partial charge >= 0.3 is 0 Å². The summed E-state index contributed by atoms with van der Waals surface area (Å²) in [7, 11) is 1.52. The summed E-state index contributed by atoms with van der Waals surface area (Å²) >= 11 is 2.10. The fourth-order valence-corrected chi connectivity index (χ4v) is 3.52. The molecule has 0 aliphatic heterocycles. The Labute approximate surface area is 198 Å². The number of nitrogens with zero attached hydrogens (tertiary/aromatic N) is 2. The van der Waals surface area contributed by atoms with Gasteiger partial charge in [-0.3, -0.25) is 19.9 Å². The molecule has 0 unspecified atom stereocenters. The number of hydrogen-bond acceptors (Lipinski definition) is 6. The molecule has 0 spiro atoms. The van der Waals surface area contributed by atoms with E-state index in [0.29, 0.717) is 22.9 Å². The van der Waals surface area contributed by atoms with Crippen molar-refractivity contribution in [1.29, 1.82) is 0 Å². The van der Waals surface area contributed by atoms with Crippen molar-refractivity contribution >= 4 is 51.8 Å². The van der Waals surface area contributed by atoms with Gasteiger partial charge in [0.15, 0.2) is 18.1 Å². The van der Waals surface area contributed by atoms with Crippen LogP contribution in [0, 0.1) is 20.6 Å². The number of aliphatic imine (C=N–C) groups is 1. The van der Waals surface area contributed by atoms with Crippen molar-refractivity contribution in [3.8, 4) is 11.5 Å². The van der Waals surface area contributed by atoms with Crippen LogP contribution in [-0.2, 0) is 4.79 Å². The number of nitro groups is 1. The number of ether oxygens (including phenoxy) is 2. The number of aryl methyl sites for hydroxylation is 1. The lowest BCUT2D eigenvalue weighted by Crippen LogP contribution is -2.20. The van der Waals surface area contributed by atoms with E-state index < -0.39 is 4.92 Å². The van der Waals surface area contributed by atoms with Crippen molar-refractivity contribution < 1.29 is 19.2 Å². The number of carbonyl (C=O) groups is 1. The van der Waals surface area contributed by atoms with Gasteiger partial charge in [-0.05, 0) is 71.5 Å². The molecule has 8 nitrogen and oxygen atoms in total. The Morgan fingerprint density at radius 1 is 1.16 bits per heavy atom. The summed E-state index contributed by atoms with van der Waals surface area (Å²) in [4.78, 5) is 26.9. The van der Waals surface area contributed by atoms with Gasteiger partial charge < -0.3 is 14.8 Å². The van der Waals surface area contributed by atoms with Crippen molar-refractivity contribution in [2.24, 2.45) is 4.99 Å². The van der Waals surface area contributed by atoms with E-state index in [0.717, 1.165) is 14.7 Å². The normalized spacial score (nSPS) is 10.7. The van der Waals surface area contributed by atoms with Crippen LogP contribution in [0.25, 0.3) is 0 Å². The third-order valence-electron chi connectivity index (χ3n) is 4.36. The second-order valence-corrected chi connectivity index (χ2v) is 7.93. The Morgan fingerprint density at radius 2 is 1.84 bits per heavy atom. The molecular weight excluding hydrogens is 525 g/mol. The highest BCUT2D eigenvalue weighted by Gasteiger charge is 2.13. The summed E-state index contributed by atoms with van der Waals surface area (Å²) in [6.45, 7) is 1.81. The van der Waals surface area contributed by atoms with E-state index in [2.05, 4.69) is 32.9 Å². The second-order valence-electron chi connectivity index (χ2n) is 6.77. The molecule has 3 aromatic rings. The van der Waals surface area contributed by atoms with Crippen molar-refractivity contribution in [3.05, 3.63) is 85.5 Å². The van der Waals surface area contributed by atoms with E-state index in [-0.39, 0.29) is 18.2 Å². The Morgan fingerprint density at radius 3 is 2.47 bits per heavy atom. The number of non-ortho nitro benzene ring substituents is 1. The van der Waals surface area contributed by atoms with Gasteiger partial charge in [-0.15, -0.1) is 0 Å². The minimum Gasteiger partial charge on any atom is -0.493 e. The van der Waals surface area contributed by atoms with E-state index in [1.165, 1.54) is 19.2 Å². The molecule has 0 aromatic heterocycles. The van der Waals surface area contributed by atoms with Gasteiger partial charge in [0.05, 0.1) is 21.3 Å². The van der Waals surface area contributed by atoms with E-state index in [4.69, 9.17) is 9.47 Å². The predicted octanol–water partition coefficient (Wildman–Crippen LogP) is 5.28. The number of amides is 1. The largest absolute Gasteiger partial charge is 0.493 e. The molecule has 0 radical (unpaired) electrons. The first kappa shape index (κ1) is 23.2. The number of rotatable bonds is 8. The van der Waals surface area contributed by atoms with Crippen molar-refractivity contribution in [2.45, 2.75) is 6.92 Å². The molecule has 0 atom stereocenters. The highest BCUT2D eigenvalue weighted by atomic mass is 127. The SMILES string of the molecule is COc1cc(C=Nc2ccc([N+](=O)[O-])cc2)cc(I)c1OCC(=O)Nc1ccc(C)cc1. The van der Waals surface area contributed by atoms with Crippen LogP contribution < -0.4 is 14.8 Å². The van der Waals surface area contributed by atoms with Crippen molar-refractivity contribution in [3.63, 3.8) is 0 Å². The Kier molecular flexibility index (Phi) is 7.77. The molecular formula is C23H20IN3O5. The molecule has 0 bridgehead atoms. The molecule has 0 aliphatic rings. The molecule has 0 fully saturated rings. The zero-order valence-corrected chi connectivity index (χ0v) is 19.5. The Hall–Kier alpha value is -3.47. The number of anilines is 1. The van der Waals surface area contributed by atoms with Gasteiger partial charge in [0.25, 0.3) is 11.6 Å². The smallest absolute Gasteiger partial charge is 0.269 e. The van der Waals surface area contributed by atoms with E-state index in [1.54, 1.807) is 24.4 Å². The van der Waals surface area contributed by atoms with Crippen LogP contribution in [0.2, 0.25) is 0 Å². The number of benzene rings is 3. The van der Waals surface area contributed by atoms with Crippen LogP contribution in [0.3, 0.4) is 0 Å². The minimum absolute atomic E-state index is 0.00749. The standard InChI is InChI=1S/C23H20IN3O5/c1-15-3-5-18(6-4-15)26-22(28)14-32-23-20(24)11-16(12-21(23)31-2)13-25-17-7-9-19(10-8-17)27(29)30/h3-13H,14H2,1-2H3,(H,26,28). The lowest BCUT2D eigenvalue weighted by Gasteiger charge is -2.13. The van der Waals surface area contributed by atoms with Gasteiger partial charge in [0, 0.05) is 24.0 Å². The zero-order valence-electron chi connectivity index (χ0n) is 17.4. The average molecular weight is 545 g/mol. The molecule has 0 heterocycles. The first-order chi connectivity index (χ1) is 15.4. The molecule has 164 valence electrons. The molecule has 32 heavy (non-hydrogen) atoms. The first-order valence-electron chi connectivity index (χ1n) is 9.51. The summed E-state index contributed by atoms with van der Waals surface area (Å²) in [6, 6.07) is 17.0. The van der Waals surface area contributed by atoms with E-state index >= 15 is 0 Å². The van der Waals surface area contributed by atoms with Crippen LogP contribution in [0.15, 0.2) is 65.7 Å². The number of hydrogen-bond donors (Lipinski definition) is 1. The van der Waals surface area contributed by atoms with Gasteiger partial charge in [-0.2, -0.15) is 0 Å². The fourth-order valence-electron chi connectivity index (χ4n) is 2.74. The molecule has 3 aromatic carbocycles. The number of carbonyl (C=O) groups excluding carboxylic acids is 1. The number of halogens is 1. The first-order valence-corrected chi connectivity index (χ1v) is 10.6. The van der Waals surface area contributed by atoms with Crippen LogP contribution >= 0.6 is 22.6 Å². The van der Waals surface area contributed by atoms with Crippen LogP contribution in [0.5, 0.6) is 11.5 Å². The molecule has 3 rings (SSSR count). The van der Waals surface area contributed by atoms with Gasteiger partial charge in [-0.25, -0.2) is 0 Å².